The van der Waals surface area contributed by atoms with E-state index >= 15 is 0 Å². The summed E-state index contributed by atoms with van der Waals surface area (Å²) in [7, 11) is 0. The molecule has 1 saturated heterocycles. The average Bonchev–Trinajstić information content (AvgIpc) is 3.54. The topological polar surface area (TPSA) is 83.2 Å². The molecule has 7 heteroatoms. The average molecular weight is 482 g/mol. The number of ether oxygens (including phenoxy) is 1. The monoisotopic (exact) mass is 481 g/mol. The van der Waals surface area contributed by atoms with E-state index < -0.39 is 0 Å². The molecule has 1 aliphatic carbocycles. The maximum absolute atomic E-state index is 13.9. The van der Waals surface area contributed by atoms with Gasteiger partial charge in [-0.2, -0.15) is 5.26 Å². The summed E-state index contributed by atoms with van der Waals surface area (Å²) in [6.45, 7) is 4.19. The summed E-state index contributed by atoms with van der Waals surface area (Å²) in [5.74, 6) is 1.31. The highest BCUT2D eigenvalue weighted by Crippen LogP contribution is 2.38. The van der Waals surface area contributed by atoms with Crippen LogP contribution in [0.4, 0.5) is 0 Å². The molecule has 3 aromatic rings. The number of rotatable bonds is 1. The maximum atomic E-state index is 13.9. The fourth-order valence-corrected chi connectivity index (χ4v) is 6.23. The van der Waals surface area contributed by atoms with Crippen molar-refractivity contribution in [3.63, 3.8) is 0 Å². The minimum absolute atomic E-state index is 0.0391. The lowest BCUT2D eigenvalue weighted by Crippen LogP contribution is -2.54. The largest absolute Gasteiger partial charge is 0.456 e. The molecular formula is C29H31N5O2. The van der Waals surface area contributed by atoms with Gasteiger partial charge in [0.2, 0.25) is 0 Å². The van der Waals surface area contributed by atoms with Gasteiger partial charge in [-0.05, 0) is 79.5 Å². The van der Waals surface area contributed by atoms with Crippen LogP contribution in [0.1, 0.15) is 77.8 Å². The van der Waals surface area contributed by atoms with Crippen molar-refractivity contribution in [2.45, 2.75) is 63.6 Å². The first-order chi connectivity index (χ1) is 17.6. The van der Waals surface area contributed by atoms with E-state index in [9.17, 15) is 10.1 Å². The third-order valence-electron chi connectivity index (χ3n) is 8.29. The first-order valence-electron chi connectivity index (χ1n) is 13.0. The Morgan fingerprint density at radius 2 is 2.17 bits per heavy atom. The van der Waals surface area contributed by atoms with Crippen LogP contribution in [0.3, 0.4) is 0 Å². The zero-order valence-electron chi connectivity index (χ0n) is 20.7. The van der Waals surface area contributed by atoms with Crippen LogP contribution in [0.5, 0.6) is 11.5 Å². The van der Waals surface area contributed by atoms with Crippen molar-refractivity contribution in [3.8, 4) is 17.6 Å². The van der Waals surface area contributed by atoms with Crippen LogP contribution in [0.15, 0.2) is 48.9 Å². The van der Waals surface area contributed by atoms with Gasteiger partial charge in [0.25, 0.3) is 5.91 Å². The Labute approximate surface area is 211 Å². The molecule has 1 fully saturated rings. The number of amides is 1. The first-order valence-corrected chi connectivity index (χ1v) is 13.0. The lowest BCUT2D eigenvalue weighted by Gasteiger charge is -2.40. The summed E-state index contributed by atoms with van der Waals surface area (Å²) in [6.07, 6.45) is 9.54. The fraction of sp³-hybridized carbons (Fsp3) is 0.414. The van der Waals surface area contributed by atoms with Gasteiger partial charge >= 0.3 is 0 Å². The Balaban J connectivity index is 1.48. The fourth-order valence-electron chi connectivity index (χ4n) is 6.23. The number of benzene rings is 2. The van der Waals surface area contributed by atoms with Gasteiger partial charge in [-0.1, -0.05) is 19.1 Å². The molecule has 1 aromatic heterocycles. The molecule has 6 rings (SSSR count). The minimum atomic E-state index is -0.212. The molecule has 2 atom stereocenters. The second kappa shape index (κ2) is 9.11. The number of nitrogens with zero attached hydrogens (tertiary/aromatic N) is 4. The van der Waals surface area contributed by atoms with Crippen molar-refractivity contribution < 1.29 is 9.53 Å². The van der Waals surface area contributed by atoms with Crippen LogP contribution in [-0.2, 0) is 13.0 Å². The van der Waals surface area contributed by atoms with Crippen molar-refractivity contribution in [2.24, 2.45) is 0 Å². The van der Waals surface area contributed by atoms with Crippen LogP contribution in [-0.4, -0.2) is 39.0 Å². The molecule has 1 amide bonds. The van der Waals surface area contributed by atoms with Gasteiger partial charge in [0.05, 0.1) is 23.6 Å². The van der Waals surface area contributed by atoms with Crippen molar-refractivity contribution in [3.05, 3.63) is 76.9 Å². The first kappa shape index (κ1) is 22.8. The van der Waals surface area contributed by atoms with E-state index in [-0.39, 0.29) is 17.5 Å². The van der Waals surface area contributed by atoms with Crippen molar-refractivity contribution in [1.29, 1.82) is 5.26 Å². The summed E-state index contributed by atoms with van der Waals surface area (Å²) < 4.78 is 8.21. The quantitative estimate of drug-likeness (QED) is 0.531. The van der Waals surface area contributed by atoms with Crippen LogP contribution in [0.2, 0.25) is 0 Å². The maximum Gasteiger partial charge on any atom is 0.272 e. The van der Waals surface area contributed by atoms with E-state index in [2.05, 4.69) is 40.3 Å². The number of aromatic nitrogens is 2. The number of hydrogen-bond acceptors (Lipinski definition) is 5. The Morgan fingerprint density at radius 3 is 3.03 bits per heavy atom. The summed E-state index contributed by atoms with van der Waals surface area (Å²) in [4.78, 5) is 20.3. The molecule has 3 aliphatic rings. The third-order valence-corrected chi connectivity index (χ3v) is 8.29. The zero-order valence-corrected chi connectivity index (χ0v) is 20.7. The molecule has 36 heavy (non-hydrogen) atoms. The number of imidazole rings is 1. The van der Waals surface area contributed by atoms with E-state index in [1.165, 1.54) is 11.1 Å². The Hall–Kier alpha value is -3.63. The van der Waals surface area contributed by atoms with Gasteiger partial charge in [-0.15, -0.1) is 0 Å². The van der Waals surface area contributed by atoms with Crippen LogP contribution in [0, 0.1) is 11.3 Å². The molecule has 0 saturated carbocycles. The summed E-state index contributed by atoms with van der Waals surface area (Å²) in [5.41, 5.74) is 4.42. The van der Waals surface area contributed by atoms with Crippen LogP contribution >= 0.6 is 0 Å². The normalized spacial score (nSPS) is 23.4. The summed E-state index contributed by atoms with van der Waals surface area (Å²) >= 11 is 0. The highest BCUT2D eigenvalue weighted by molar-refractivity contribution is 5.93. The number of hydrogen-bond donors (Lipinski definition) is 1. The number of carbonyl (C=O) groups is 1. The molecule has 2 aliphatic heterocycles. The predicted octanol–water partition coefficient (Wildman–Crippen LogP) is 4.96. The molecule has 1 N–H and O–H groups in total. The molecule has 184 valence electrons. The number of fused-ring (bicyclic) bond motifs is 5. The number of nitrogens with one attached hydrogen (secondary N) is 1. The molecular weight excluding hydrogens is 450 g/mol. The molecule has 7 nitrogen and oxygen atoms in total. The molecule has 0 radical (unpaired) electrons. The van der Waals surface area contributed by atoms with E-state index in [0.717, 1.165) is 62.9 Å². The van der Waals surface area contributed by atoms with Crippen molar-refractivity contribution >= 4 is 5.91 Å². The molecule has 4 bridgehead atoms. The second-order valence-corrected chi connectivity index (χ2v) is 10.3. The van der Waals surface area contributed by atoms with Gasteiger partial charge in [0.15, 0.2) is 0 Å². The third kappa shape index (κ3) is 3.86. The minimum Gasteiger partial charge on any atom is -0.456 e. The van der Waals surface area contributed by atoms with Crippen LogP contribution in [0.25, 0.3) is 0 Å². The summed E-state index contributed by atoms with van der Waals surface area (Å²) in [6, 6.07) is 14.4. The number of aryl methyl sites for hydroxylation is 1. The van der Waals surface area contributed by atoms with E-state index in [1.807, 2.05) is 22.8 Å². The van der Waals surface area contributed by atoms with E-state index in [0.29, 0.717) is 23.6 Å². The number of carbonyl (C=O) groups excluding carboxylic acids is 1. The van der Waals surface area contributed by atoms with E-state index in [1.54, 1.807) is 18.6 Å². The predicted molar refractivity (Wildman–Crippen MR) is 136 cm³/mol. The molecule has 1 unspecified atom stereocenters. The van der Waals surface area contributed by atoms with Gasteiger partial charge in [0, 0.05) is 25.7 Å². The molecule has 2 aromatic carbocycles. The lowest BCUT2D eigenvalue weighted by molar-refractivity contribution is 0.0563. The zero-order chi connectivity index (χ0) is 24.7. The van der Waals surface area contributed by atoms with Crippen molar-refractivity contribution in [2.75, 3.05) is 13.1 Å². The number of nitriles is 1. The lowest BCUT2D eigenvalue weighted by atomic mass is 9.86. The Bertz CT molecular complexity index is 1360. The Kier molecular flexibility index (Phi) is 5.77. The second-order valence-electron chi connectivity index (χ2n) is 10.3. The highest BCUT2D eigenvalue weighted by Gasteiger charge is 2.43. The standard InChI is InChI=1S/C29H31N5O2/c1-2-29-11-4-12-34(29)28(35)26-16-31-19-33(26)17-20-7-8-22(15-30)27(13-20)36-23-10-9-21-5-3-6-25(32-18-29)24(21)14-23/h7-10,13-14,16,19,25,32H,2-6,11-12,17-18H2,1H3/t25?,29-/m0/s1. The van der Waals surface area contributed by atoms with E-state index in [4.69, 9.17) is 4.74 Å². The smallest absolute Gasteiger partial charge is 0.272 e. The van der Waals surface area contributed by atoms with Crippen LogP contribution < -0.4 is 10.1 Å². The van der Waals surface area contributed by atoms with Gasteiger partial charge in [-0.25, -0.2) is 4.98 Å². The van der Waals surface area contributed by atoms with Gasteiger partial charge < -0.3 is 19.5 Å². The SMILES string of the molecule is CC[C@@]12CCCN1C(=O)c1cncn1Cc1ccc(C#N)c(c1)Oc1ccc3c(c1)C(CCC3)NC2. The molecule has 3 heterocycles. The highest BCUT2D eigenvalue weighted by atomic mass is 16.5. The Morgan fingerprint density at radius 1 is 1.25 bits per heavy atom. The molecule has 0 spiro atoms. The van der Waals surface area contributed by atoms with Crippen molar-refractivity contribution in [1.82, 2.24) is 19.8 Å². The van der Waals surface area contributed by atoms with Gasteiger partial charge in [0.1, 0.15) is 23.3 Å². The van der Waals surface area contributed by atoms with Gasteiger partial charge in [-0.3, -0.25) is 4.79 Å². The summed E-state index contributed by atoms with van der Waals surface area (Å²) in [5, 5.41) is 13.6.